The topological polar surface area (TPSA) is 41.1 Å². The van der Waals surface area contributed by atoms with Crippen molar-refractivity contribution < 1.29 is 13.2 Å². The molecule has 0 radical (unpaired) electrons. The third kappa shape index (κ3) is 4.97. The largest absolute Gasteiger partial charge is 0.416 e. The van der Waals surface area contributed by atoms with Crippen LogP contribution in [0, 0.1) is 6.92 Å². The van der Waals surface area contributed by atoms with Gasteiger partial charge >= 0.3 is 6.18 Å². The number of anilines is 3. The minimum atomic E-state index is -4.39. The molecule has 1 aromatic heterocycles. The highest BCUT2D eigenvalue weighted by atomic mass is 19.4. The molecule has 0 unspecified atom stereocenters. The second kappa shape index (κ2) is 7.65. The first kappa shape index (κ1) is 18.7. The maximum atomic E-state index is 12.9. The van der Waals surface area contributed by atoms with Gasteiger partial charge in [0.1, 0.15) is 17.5 Å². The van der Waals surface area contributed by atoms with Gasteiger partial charge in [0, 0.05) is 25.3 Å². The first-order valence-corrected chi connectivity index (χ1v) is 8.36. The summed E-state index contributed by atoms with van der Waals surface area (Å²) in [7, 11) is 1.91. The Morgan fingerprint density at radius 1 is 0.963 bits per heavy atom. The number of halogens is 3. The number of aryl methyl sites for hydroxylation is 1. The number of hydrogen-bond donors (Lipinski definition) is 1. The van der Waals surface area contributed by atoms with E-state index < -0.39 is 11.7 Å². The number of nitrogens with zero attached hydrogens (tertiary/aromatic N) is 3. The fourth-order valence-electron chi connectivity index (χ4n) is 2.67. The van der Waals surface area contributed by atoms with Crippen molar-refractivity contribution in [2.24, 2.45) is 0 Å². The van der Waals surface area contributed by atoms with Gasteiger partial charge in [-0.15, -0.1) is 0 Å². The number of aromatic nitrogens is 2. The number of nitrogens with one attached hydrogen (secondary N) is 1. The van der Waals surface area contributed by atoms with E-state index in [0.717, 1.165) is 17.7 Å². The Bertz CT molecular complexity index is 911. The predicted octanol–water partition coefficient (Wildman–Crippen LogP) is 5.18. The molecule has 27 heavy (non-hydrogen) atoms. The molecule has 7 heteroatoms. The van der Waals surface area contributed by atoms with E-state index in [1.807, 2.05) is 42.3 Å². The predicted molar refractivity (Wildman–Crippen MR) is 100 cm³/mol. The van der Waals surface area contributed by atoms with Crippen molar-refractivity contribution >= 4 is 17.3 Å². The Morgan fingerprint density at radius 2 is 1.70 bits per heavy atom. The first-order valence-electron chi connectivity index (χ1n) is 8.36. The van der Waals surface area contributed by atoms with E-state index in [4.69, 9.17) is 0 Å². The monoisotopic (exact) mass is 372 g/mol. The molecule has 0 aliphatic carbocycles. The lowest BCUT2D eigenvalue weighted by Crippen LogP contribution is -2.18. The van der Waals surface area contributed by atoms with Gasteiger partial charge in [-0.25, -0.2) is 9.97 Å². The average Bonchev–Trinajstić information content (AvgIpc) is 2.61. The maximum Gasteiger partial charge on any atom is 0.416 e. The highest BCUT2D eigenvalue weighted by Gasteiger charge is 2.30. The van der Waals surface area contributed by atoms with E-state index in [9.17, 15) is 13.2 Å². The van der Waals surface area contributed by atoms with E-state index in [1.54, 1.807) is 19.1 Å². The second-order valence-electron chi connectivity index (χ2n) is 6.20. The van der Waals surface area contributed by atoms with E-state index >= 15 is 0 Å². The molecule has 0 aliphatic rings. The van der Waals surface area contributed by atoms with Gasteiger partial charge in [-0.2, -0.15) is 13.2 Å². The highest BCUT2D eigenvalue weighted by molar-refractivity contribution is 5.60. The van der Waals surface area contributed by atoms with Crippen molar-refractivity contribution in [3.8, 4) is 0 Å². The van der Waals surface area contributed by atoms with E-state index in [2.05, 4.69) is 15.3 Å². The summed E-state index contributed by atoms with van der Waals surface area (Å²) >= 11 is 0. The van der Waals surface area contributed by atoms with Crippen LogP contribution in [-0.2, 0) is 12.7 Å². The van der Waals surface area contributed by atoms with Crippen LogP contribution >= 0.6 is 0 Å². The molecule has 0 spiro atoms. The zero-order valence-electron chi connectivity index (χ0n) is 15.0. The molecular weight excluding hydrogens is 353 g/mol. The minimum absolute atomic E-state index is 0.319. The quantitative estimate of drug-likeness (QED) is 0.670. The fraction of sp³-hybridized carbons (Fsp3) is 0.200. The SMILES string of the molecule is Cc1nc(Nc2cccc(C(F)(F)F)c2)cc(N(C)Cc2ccccc2)n1. The number of alkyl halides is 3. The molecule has 1 N–H and O–H groups in total. The lowest BCUT2D eigenvalue weighted by molar-refractivity contribution is -0.137. The van der Waals surface area contributed by atoms with Crippen molar-refractivity contribution in [3.05, 3.63) is 77.6 Å². The van der Waals surface area contributed by atoms with Crippen LogP contribution in [-0.4, -0.2) is 17.0 Å². The van der Waals surface area contributed by atoms with Gasteiger partial charge in [0.25, 0.3) is 0 Å². The maximum absolute atomic E-state index is 12.9. The third-order valence-corrected chi connectivity index (χ3v) is 3.94. The van der Waals surface area contributed by atoms with Crippen molar-refractivity contribution in [1.29, 1.82) is 0 Å². The van der Waals surface area contributed by atoms with Crippen molar-refractivity contribution in [2.75, 3.05) is 17.3 Å². The molecule has 0 bridgehead atoms. The molecule has 1 heterocycles. The molecule has 0 fully saturated rings. The normalized spacial score (nSPS) is 11.3. The second-order valence-corrected chi connectivity index (χ2v) is 6.20. The van der Waals surface area contributed by atoms with Gasteiger partial charge in [0.05, 0.1) is 5.56 Å². The molecule has 0 atom stereocenters. The molecule has 0 saturated heterocycles. The summed E-state index contributed by atoms with van der Waals surface area (Å²) in [5.41, 5.74) is 0.739. The summed E-state index contributed by atoms with van der Waals surface area (Å²) in [4.78, 5) is 10.7. The third-order valence-electron chi connectivity index (χ3n) is 3.94. The Balaban J connectivity index is 1.81. The molecule has 3 rings (SSSR count). The molecular formula is C20H19F3N4. The van der Waals surface area contributed by atoms with Gasteiger partial charge in [-0.1, -0.05) is 36.4 Å². The van der Waals surface area contributed by atoms with Gasteiger partial charge < -0.3 is 10.2 Å². The first-order chi connectivity index (χ1) is 12.8. The Labute approximate surface area is 155 Å². The number of benzene rings is 2. The smallest absolute Gasteiger partial charge is 0.355 e. The lowest BCUT2D eigenvalue weighted by Gasteiger charge is -2.19. The van der Waals surface area contributed by atoms with Gasteiger partial charge in [0.2, 0.25) is 0 Å². The van der Waals surface area contributed by atoms with Crippen LogP contribution in [0.25, 0.3) is 0 Å². The molecule has 4 nitrogen and oxygen atoms in total. The van der Waals surface area contributed by atoms with E-state index in [1.165, 1.54) is 6.07 Å². The van der Waals surface area contributed by atoms with Crippen LogP contribution in [0.15, 0.2) is 60.7 Å². The average molecular weight is 372 g/mol. The van der Waals surface area contributed by atoms with E-state index in [-0.39, 0.29) is 0 Å². The highest BCUT2D eigenvalue weighted by Crippen LogP contribution is 2.31. The molecule has 140 valence electrons. The summed E-state index contributed by atoms with van der Waals surface area (Å²) < 4.78 is 38.7. The number of rotatable bonds is 5. The van der Waals surface area contributed by atoms with Gasteiger partial charge in [-0.3, -0.25) is 0 Å². The molecule has 2 aromatic carbocycles. The Kier molecular flexibility index (Phi) is 5.30. The minimum Gasteiger partial charge on any atom is -0.355 e. The van der Waals surface area contributed by atoms with Crippen LogP contribution in [0.3, 0.4) is 0 Å². The fourth-order valence-corrected chi connectivity index (χ4v) is 2.67. The van der Waals surface area contributed by atoms with Crippen LogP contribution < -0.4 is 10.2 Å². The Morgan fingerprint density at radius 3 is 2.41 bits per heavy atom. The van der Waals surface area contributed by atoms with Gasteiger partial charge in [-0.05, 0) is 30.7 Å². The summed E-state index contributed by atoms with van der Waals surface area (Å²) in [6, 6.07) is 16.7. The van der Waals surface area contributed by atoms with Crippen molar-refractivity contribution in [3.63, 3.8) is 0 Å². The standard InChI is InChI=1S/C20H19F3N4/c1-14-24-18(26-17-10-6-9-16(11-17)20(21,22)23)12-19(25-14)27(2)13-15-7-4-3-5-8-15/h3-12H,13H2,1-2H3,(H,24,25,26). The Hall–Kier alpha value is -3.09. The molecule has 0 saturated carbocycles. The summed E-state index contributed by atoms with van der Waals surface area (Å²) in [6.45, 7) is 2.40. The van der Waals surface area contributed by atoms with Gasteiger partial charge in [0.15, 0.2) is 0 Å². The molecule has 0 aliphatic heterocycles. The van der Waals surface area contributed by atoms with Crippen LogP contribution in [0.2, 0.25) is 0 Å². The summed E-state index contributed by atoms with van der Waals surface area (Å²) in [5, 5.41) is 2.94. The lowest BCUT2D eigenvalue weighted by atomic mass is 10.2. The zero-order chi connectivity index (χ0) is 19.4. The van der Waals surface area contributed by atoms with E-state index in [0.29, 0.717) is 29.7 Å². The molecule has 0 amide bonds. The van der Waals surface area contributed by atoms with Crippen molar-refractivity contribution in [1.82, 2.24) is 9.97 Å². The summed E-state index contributed by atoms with van der Waals surface area (Å²) in [6.07, 6.45) is -4.39. The van der Waals surface area contributed by atoms with Crippen molar-refractivity contribution in [2.45, 2.75) is 19.6 Å². The molecule has 3 aromatic rings. The number of hydrogen-bond acceptors (Lipinski definition) is 4. The van der Waals surface area contributed by atoms with Crippen LogP contribution in [0.1, 0.15) is 17.0 Å². The van der Waals surface area contributed by atoms with Crippen LogP contribution in [0.5, 0.6) is 0 Å². The zero-order valence-corrected chi connectivity index (χ0v) is 15.0. The summed E-state index contributed by atoms with van der Waals surface area (Å²) in [5.74, 6) is 1.65. The van der Waals surface area contributed by atoms with Crippen LogP contribution in [0.4, 0.5) is 30.5 Å².